The molecular weight excluding hydrogens is 418 g/mol. The van der Waals surface area contributed by atoms with Gasteiger partial charge in [0.05, 0.1) is 5.60 Å². The minimum absolute atomic E-state index is 0.304. The molecule has 2 aromatic rings. The lowest BCUT2D eigenvalue weighted by Crippen LogP contribution is -2.59. The third-order valence-electron chi connectivity index (χ3n) is 8.30. The first-order chi connectivity index (χ1) is 15.9. The van der Waals surface area contributed by atoms with E-state index in [1.54, 1.807) is 0 Å². The van der Waals surface area contributed by atoms with Gasteiger partial charge in [0, 0.05) is 29.9 Å². The van der Waals surface area contributed by atoms with Gasteiger partial charge in [0.25, 0.3) is 0 Å². The van der Waals surface area contributed by atoms with Crippen molar-refractivity contribution in [1.82, 2.24) is 25.1 Å². The molecule has 33 heavy (non-hydrogen) atoms. The second kappa shape index (κ2) is 8.13. The normalized spacial score (nSPS) is 35.2. The van der Waals surface area contributed by atoms with Gasteiger partial charge in [-0.25, -0.2) is 0 Å². The SMILES string of the molecule is Cc1cc(Nc2cc(OC[C@H]3CCCN3C)nc(NC3C4CC5CC3CC(O)(C5)C4)n2)n[nH]1. The molecule has 4 saturated carbocycles. The first-order valence-electron chi connectivity index (χ1n) is 12.4. The van der Waals surface area contributed by atoms with E-state index < -0.39 is 5.60 Å². The van der Waals surface area contributed by atoms with Crippen molar-refractivity contribution in [2.75, 3.05) is 30.8 Å². The second-order valence-electron chi connectivity index (χ2n) is 10.9. The molecule has 3 heterocycles. The van der Waals surface area contributed by atoms with Crippen molar-refractivity contribution in [3.05, 3.63) is 17.8 Å². The molecule has 4 N–H and O–H groups in total. The summed E-state index contributed by atoms with van der Waals surface area (Å²) in [6.07, 6.45) is 7.51. The lowest BCUT2D eigenvalue weighted by molar-refractivity contribution is -0.129. The lowest BCUT2D eigenvalue weighted by atomic mass is 9.52. The topological polar surface area (TPSA) is 111 Å². The summed E-state index contributed by atoms with van der Waals surface area (Å²) in [7, 11) is 2.15. The molecule has 1 aliphatic heterocycles. The Morgan fingerprint density at radius 2 is 2.00 bits per heavy atom. The third kappa shape index (κ3) is 4.28. The molecule has 0 aromatic carbocycles. The summed E-state index contributed by atoms with van der Waals surface area (Å²) >= 11 is 0. The van der Waals surface area contributed by atoms with Gasteiger partial charge < -0.3 is 25.4 Å². The quantitative estimate of drug-likeness (QED) is 0.506. The fourth-order valence-electron chi connectivity index (χ4n) is 6.98. The van der Waals surface area contributed by atoms with E-state index in [1.807, 2.05) is 19.1 Å². The van der Waals surface area contributed by atoms with Crippen LogP contribution in [0.3, 0.4) is 0 Å². The average Bonchev–Trinajstić information content (AvgIpc) is 3.35. The van der Waals surface area contributed by atoms with Crippen LogP contribution in [0.1, 0.15) is 50.6 Å². The number of hydrogen-bond donors (Lipinski definition) is 4. The van der Waals surface area contributed by atoms with Gasteiger partial charge in [-0.15, -0.1) is 0 Å². The Balaban J connectivity index is 1.22. The van der Waals surface area contributed by atoms with Crippen LogP contribution in [-0.4, -0.2) is 68.1 Å². The van der Waals surface area contributed by atoms with Crippen LogP contribution in [0.4, 0.5) is 17.6 Å². The van der Waals surface area contributed by atoms with Crippen molar-refractivity contribution in [1.29, 1.82) is 0 Å². The number of aryl methyl sites for hydroxylation is 1. The van der Waals surface area contributed by atoms with Gasteiger partial charge in [-0.1, -0.05) is 0 Å². The molecule has 2 aromatic heterocycles. The highest BCUT2D eigenvalue weighted by Gasteiger charge is 2.54. The van der Waals surface area contributed by atoms with Crippen LogP contribution >= 0.6 is 0 Å². The van der Waals surface area contributed by atoms with Gasteiger partial charge in [0.15, 0.2) is 5.82 Å². The Morgan fingerprint density at radius 1 is 1.18 bits per heavy atom. The Kier molecular flexibility index (Phi) is 5.21. The van der Waals surface area contributed by atoms with E-state index in [1.165, 1.54) is 19.3 Å². The molecular formula is C24H35N7O2. The van der Waals surface area contributed by atoms with Crippen molar-refractivity contribution >= 4 is 17.6 Å². The number of anilines is 3. The van der Waals surface area contributed by atoms with Gasteiger partial charge in [0.2, 0.25) is 11.8 Å². The molecule has 2 unspecified atom stereocenters. The predicted molar refractivity (Wildman–Crippen MR) is 126 cm³/mol. The van der Waals surface area contributed by atoms with Gasteiger partial charge in [-0.05, 0) is 83.2 Å². The lowest BCUT2D eigenvalue weighted by Gasteiger charge is -2.58. The number of likely N-dealkylation sites (N-methyl/N-ethyl adjacent to an activating group) is 1. The standard InChI is InChI=1S/C24H35N7O2/c1-14-6-20(30-29-14)25-19-9-21(33-13-18-4-3-5-31(18)2)27-23(26-19)28-22-16-7-15-8-17(22)12-24(32,10-15)11-16/h6,9,15-18,22,32H,3-5,7-8,10-13H2,1-2H3,(H3,25,26,27,28,29,30)/t15?,16?,17?,18-,22?,24?/m1/s1. The van der Waals surface area contributed by atoms with E-state index in [-0.39, 0.29) is 0 Å². The maximum Gasteiger partial charge on any atom is 0.228 e. The number of ether oxygens (including phenoxy) is 1. The van der Waals surface area contributed by atoms with Crippen molar-refractivity contribution in [2.45, 2.75) is 69.6 Å². The molecule has 5 fully saturated rings. The van der Waals surface area contributed by atoms with Crippen molar-refractivity contribution < 1.29 is 9.84 Å². The van der Waals surface area contributed by atoms with Gasteiger partial charge in [-0.3, -0.25) is 5.10 Å². The van der Waals surface area contributed by atoms with Gasteiger partial charge in [0.1, 0.15) is 12.4 Å². The third-order valence-corrected chi connectivity index (χ3v) is 8.30. The predicted octanol–water partition coefficient (Wildman–Crippen LogP) is 3.08. The zero-order chi connectivity index (χ0) is 22.6. The maximum atomic E-state index is 10.9. The summed E-state index contributed by atoms with van der Waals surface area (Å²) < 4.78 is 6.17. The highest BCUT2D eigenvalue weighted by Crippen LogP contribution is 2.56. The summed E-state index contributed by atoms with van der Waals surface area (Å²) in [4.78, 5) is 11.9. The van der Waals surface area contributed by atoms with Gasteiger partial charge in [-0.2, -0.15) is 15.1 Å². The highest BCUT2D eigenvalue weighted by molar-refractivity contribution is 5.55. The number of aromatic amines is 1. The number of H-pyrrole nitrogens is 1. The van der Waals surface area contributed by atoms with Crippen LogP contribution in [0.25, 0.3) is 0 Å². The first kappa shape index (κ1) is 21.2. The van der Waals surface area contributed by atoms with E-state index in [9.17, 15) is 5.11 Å². The van der Waals surface area contributed by atoms with Crippen molar-refractivity contribution in [3.63, 3.8) is 0 Å². The number of nitrogens with zero attached hydrogens (tertiary/aromatic N) is 4. The summed E-state index contributed by atoms with van der Waals surface area (Å²) in [5, 5.41) is 25.1. The average molecular weight is 454 g/mol. The molecule has 4 aliphatic carbocycles. The van der Waals surface area contributed by atoms with Crippen LogP contribution in [-0.2, 0) is 0 Å². The molecule has 5 aliphatic rings. The van der Waals surface area contributed by atoms with Crippen LogP contribution in [0.2, 0.25) is 0 Å². The van der Waals surface area contributed by atoms with E-state index in [0.29, 0.717) is 54.1 Å². The first-order valence-corrected chi connectivity index (χ1v) is 12.4. The fourth-order valence-corrected chi connectivity index (χ4v) is 6.98. The Hall–Kier alpha value is -2.39. The minimum Gasteiger partial charge on any atom is -0.476 e. The van der Waals surface area contributed by atoms with Crippen LogP contribution in [0.5, 0.6) is 5.88 Å². The second-order valence-corrected chi connectivity index (χ2v) is 10.9. The smallest absolute Gasteiger partial charge is 0.228 e. The number of likely N-dealkylation sites (tertiary alicyclic amines) is 1. The molecule has 4 bridgehead atoms. The van der Waals surface area contributed by atoms with Crippen LogP contribution in [0, 0.1) is 24.7 Å². The Bertz CT molecular complexity index is 994. The minimum atomic E-state index is -0.446. The molecule has 1 saturated heterocycles. The van der Waals surface area contributed by atoms with E-state index >= 15 is 0 Å². The fraction of sp³-hybridized carbons (Fsp3) is 0.708. The zero-order valence-corrected chi connectivity index (χ0v) is 19.5. The Labute approximate surface area is 194 Å². The monoisotopic (exact) mass is 453 g/mol. The number of hydrogen-bond acceptors (Lipinski definition) is 8. The molecule has 0 spiro atoms. The number of aliphatic hydroxyl groups is 1. The van der Waals surface area contributed by atoms with Gasteiger partial charge >= 0.3 is 0 Å². The number of nitrogens with one attached hydrogen (secondary N) is 3. The van der Waals surface area contributed by atoms with E-state index in [4.69, 9.17) is 14.7 Å². The molecule has 9 heteroatoms. The van der Waals surface area contributed by atoms with Crippen molar-refractivity contribution in [2.24, 2.45) is 17.8 Å². The molecule has 178 valence electrons. The molecule has 9 nitrogen and oxygen atoms in total. The molecule has 0 radical (unpaired) electrons. The van der Waals surface area contributed by atoms with Crippen LogP contribution < -0.4 is 15.4 Å². The molecule has 7 rings (SSSR count). The van der Waals surface area contributed by atoms with Crippen molar-refractivity contribution in [3.8, 4) is 5.88 Å². The summed E-state index contributed by atoms with van der Waals surface area (Å²) in [5.41, 5.74) is 0.537. The summed E-state index contributed by atoms with van der Waals surface area (Å²) in [6, 6.07) is 4.52. The number of aromatic nitrogens is 4. The largest absolute Gasteiger partial charge is 0.476 e. The zero-order valence-electron chi connectivity index (χ0n) is 19.5. The number of rotatable bonds is 7. The van der Waals surface area contributed by atoms with E-state index in [2.05, 4.69) is 32.8 Å². The molecule has 0 amide bonds. The highest BCUT2D eigenvalue weighted by atomic mass is 16.5. The van der Waals surface area contributed by atoms with Crippen LogP contribution in [0.15, 0.2) is 12.1 Å². The summed E-state index contributed by atoms with van der Waals surface area (Å²) in [5.74, 6) is 4.17. The Morgan fingerprint density at radius 3 is 2.67 bits per heavy atom. The maximum absolute atomic E-state index is 10.9. The molecule has 3 atom stereocenters. The van der Waals surface area contributed by atoms with E-state index in [0.717, 1.165) is 43.7 Å². The summed E-state index contributed by atoms with van der Waals surface area (Å²) in [6.45, 7) is 3.71.